The molecule has 1 fully saturated rings. The number of carbonyl (C=O) groups is 2. The molecule has 1 aliphatic rings. The molecule has 1 saturated carbocycles. The molecule has 0 heterocycles. The average molecular weight is 620 g/mol. The average Bonchev–Trinajstić information content (AvgIpc) is 2.90. The van der Waals surface area contributed by atoms with Crippen LogP contribution in [0.25, 0.3) is 0 Å². The van der Waals surface area contributed by atoms with Gasteiger partial charge in [0.05, 0.1) is 28.8 Å². The quantitative estimate of drug-likeness (QED) is 0.265. The molecule has 3 atom stereocenters. The van der Waals surface area contributed by atoms with Crippen molar-refractivity contribution in [2.24, 2.45) is 5.92 Å². The lowest BCUT2D eigenvalue weighted by Gasteiger charge is -2.35. The Morgan fingerprint density at radius 2 is 1.76 bits per heavy atom. The monoisotopic (exact) mass is 618 g/mol. The zero-order valence-electron chi connectivity index (χ0n) is 20.9. The lowest BCUT2D eigenvalue weighted by molar-refractivity contribution is -0.141. The molecule has 0 bridgehead atoms. The van der Waals surface area contributed by atoms with Gasteiger partial charge in [0.2, 0.25) is 0 Å². The van der Waals surface area contributed by atoms with Crippen LogP contribution in [0.4, 0.5) is 0 Å². The molecule has 200 valence electrons. The second kappa shape index (κ2) is 13.5. The van der Waals surface area contributed by atoms with Crippen molar-refractivity contribution in [1.82, 2.24) is 10.6 Å². The predicted octanol–water partition coefficient (Wildman–Crippen LogP) is 7.05. The Balaban J connectivity index is 1.35. The van der Waals surface area contributed by atoms with Gasteiger partial charge in [-0.2, -0.15) is 0 Å². The van der Waals surface area contributed by atoms with E-state index in [1.54, 1.807) is 24.3 Å². The Bertz CT molecular complexity index is 1270. The van der Waals surface area contributed by atoms with Gasteiger partial charge in [-0.3, -0.25) is 9.59 Å². The zero-order valence-corrected chi connectivity index (χ0v) is 24.0. The van der Waals surface area contributed by atoms with Gasteiger partial charge in [0, 0.05) is 22.6 Å². The smallest absolute Gasteiger partial charge is 0.309 e. The maximum absolute atomic E-state index is 12.8. The molecule has 1 aliphatic carbocycles. The summed E-state index contributed by atoms with van der Waals surface area (Å²) in [6, 6.07) is 20.1. The second-order valence-corrected chi connectivity index (χ2v) is 11.2. The summed E-state index contributed by atoms with van der Waals surface area (Å²) in [4.78, 5) is 25.5. The fraction of sp³-hybridized carbons (Fsp3) is 0.310. The highest BCUT2D eigenvalue weighted by Crippen LogP contribution is 2.32. The van der Waals surface area contributed by atoms with Crippen molar-refractivity contribution in [3.8, 4) is 11.5 Å². The van der Waals surface area contributed by atoms with Gasteiger partial charge in [0.1, 0.15) is 11.5 Å². The molecule has 2 N–H and O–H groups in total. The summed E-state index contributed by atoms with van der Waals surface area (Å²) >= 11 is 15.5. The van der Waals surface area contributed by atoms with E-state index < -0.39 is 11.8 Å². The van der Waals surface area contributed by atoms with E-state index in [0.29, 0.717) is 39.6 Å². The zero-order chi connectivity index (χ0) is 27.1. The molecule has 0 aliphatic heterocycles. The van der Waals surface area contributed by atoms with Crippen molar-refractivity contribution in [3.63, 3.8) is 0 Å². The molecule has 3 aromatic rings. The van der Waals surface area contributed by atoms with E-state index >= 15 is 0 Å². The van der Waals surface area contributed by atoms with E-state index in [-0.39, 0.29) is 18.7 Å². The summed E-state index contributed by atoms with van der Waals surface area (Å²) in [5, 5.41) is 6.39. The largest absolute Gasteiger partial charge is 0.457 e. The molecular weight excluding hydrogens is 591 g/mol. The number of rotatable bonds is 8. The summed E-state index contributed by atoms with van der Waals surface area (Å²) in [6.45, 7) is 2.74. The molecule has 0 aromatic heterocycles. The summed E-state index contributed by atoms with van der Waals surface area (Å²) in [7, 11) is 0. The van der Waals surface area contributed by atoms with Crippen LogP contribution in [0.1, 0.15) is 37.3 Å². The van der Waals surface area contributed by atoms with E-state index in [4.69, 9.17) is 32.7 Å². The van der Waals surface area contributed by atoms with Gasteiger partial charge in [0.15, 0.2) is 0 Å². The van der Waals surface area contributed by atoms with Crippen LogP contribution in [0.5, 0.6) is 11.5 Å². The highest BCUT2D eigenvalue weighted by atomic mass is 79.9. The summed E-state index contributed by atoms with van der Waals surface area (Å²) in [5.74, 6) is 0.102. The molecule has 9 heteroatoms. The number of hydrogen-bond acceptors (Lipinski definition) is 4. The standard InChI is InChI=1S/C29H29BrCl2N2O4/c1-18-7-12-25(27(13-18)37-17-19-5-3-2-4-6-19)34-29(36)28(35)33-16-20-8-9-21(30)14-26(20)38-22-10-11-23(31)24(32)15-22/h2-6,8-11,14-15,18,25,27H,7,12-13,16-17H2,1H3,(H,33,35)(H,34,36). The molecule has 3 unspecified atom stereocenters. The first-order chi connectivity index (χ1) is 18.3. The molecule has 0 radical (unpaired) electrons. The van der Waals surface area contributed by atoms with Gasteiger partial charge in [0.25, 0.3) is 0 Å². The minimum absolute atomic E-state index is 0.103. The van der Waals surface area contributed by atoms with Crippen molar-refractivity contribution in [2.45, 2.75) is 51.5 Å². The molecule has 38 heavy (non-hydrogen) atoms. The molecule has 4 rings (SSSR count). The maximum atomic E-state index is 12.8. The van der Waals surface area contributed by atoms with Crippen LogP contribution >= 0.6 is 39.1 Å². The minimum atomic E-state index is -0.714. The van der Waals surface area contributed by atoms with E-state index in [0.717, 1.165) is 29.3 Å². The van der Waals surface area contributed by atoms with Gasteiger partial charge in [-0.25, -0.2) is 0 Å². The third-order valence-electron chi connectivity index (χ3n) is 6.47. The van der Waals surface area contributed by atoms with E-state index in [1.807, 2.05) is 42.5 Å². The maximum Gasteiger partial charge on any atom is 0.309 e. The summed E-state index contributed by atoms with van der Waals surface area (Å²) in [6.07, 6.45) is 2.39. The van der Waals surface area contributed by atoms with Crippen molar-refractivity contribution in [1.29, 1.82) is 0 Å². The number of hydrogen-bond donors (Lipinski definition) is 2. The van der Waals surface area contributed by atoms with Gasteiger partial charge >= 0.3 is 11.8 Å². The topological polar surface area (TPSA) is 76.7 Å². The third-order valence-corrected chi connectivity index (χ3v) is 7.70. The van der Waals surface area contributed by atoms with E-state index in [2.05, 4.69) is 33.5 Å². The Morgan fingerprint density at radius 1 is 0.974 bits per heavy atom. The first kappa shape index (κ1) is 28.4. The number of carbonyl (C=O) groups excluding carboxylic acids is 2. The van der Waals surface area contributed by atoms with Crippen LogP contribution in [-0.2, 0) is 27.5 Å². The van der Waals surface area contributed by atoms with E-state index in [9.17, 15) is 9.59 Å². The van der Waals surface area contributed by atoms with Crippen molar-refractivity contribution >= 4 is 50.9 Å². The lowest BCUT2D eigenvalue weighted by Crippen LogP contribution is -2.51. The fourth-order valence-electron chi connectivity index (χ4n) is 4.38. The Kier molecular flexibility index (Phi) is 10.1. The van der Waals surface area contributed by atoms with Crippen molar-refractivity contribution < 1.29 is 19.1 Å². The van der Waals surface area contributed by atoms with Crippen LogP contribution in [0.3, 0.4) is 0 Å². The third kappa shape index (κ3) is 7.96. The minimum Gasteiger partial charge on any atom is -0.457 e. The van der Waals surface area contributed by atoms with Gasteiger partial charge in [-0.05, 0) is 55.0 Å². The normalized spacial score (nSPS) is 19.0. The first-order valence-corrected chi connectivity index (χ1v) is 14.0. The van der Waals surface area contributed by atoms with Crippen molar-refractivity contribution in [3.05, 3.63) is 92.4 Å². The van der Waals surface area contributed by atoms with Gasteiger partial charge < -0.3 is 20.1 Å². The Labute approximate surface area is 241 Å². The molecule has 0 spiro atoms. The number of benzene rings is 3. The van der Waals surface area contributed by atoms with Crippen LogP contribution in [0.15, 0.2) is 71.2 Å². The summed E-state index contributed by atoms with van der Waals surface area (Å²) in [5.41, 5.74) is 1.76. The number of halogens is 3. The Morgan fingerprint density at radius 3 is 2.53 bits per heavy atom. The number of ether oxygens (including phenoxy) is 2. The fourth-order valence-corrected chi connectivity index (χ4v) is 5.01. The first-order valence-electron chi connectivity index (χ1n) is 12.4. The number of amides is 2. The lowest BCUT2D eigenvalue weighted by atomic mass is 9.85. The van der Waals surface area contributed by atoms with Gasteiger partial charge in [-0.1, -0.05) is 82.5 Å². The molecular formula is C29H29BrCl2N2O4. The predicted molar refractivity (Wildman–Crippen MR) is 152 cm³/mol. The molecule has 6 nitrogen and oxygen atoms in total. The van der Waals surface area contributed by atoms with Gasteiger partial charge in [-0.15, -0.1) is 0 Å². The molecule has 0 saturated heterocycles. The van der Waals surface area contributed by atoms with Crippen LogP contribution in [-0.4, -0.2) is 24.0 Å². The highest BCUT2D eigenvalue weighted by molar-refractivity contribution is 9.10. The second-order valence-electron chi connectivity index (χ2n) is 9.45. The van der Waals surface area contributed by atoms with Crippen LogP contribution in [0.2, 0.25) is 10.0 Å². The highest BCUT2D eigenvalue weighted by Gasteiger charge is 2.32. The van der Waals surface area contributed by atoms with Crippen molar-refractivity contribution in [2.75, 3.05) is 0 Å². The SMILES string of the molecule is CC1CCC(NC(=O)C(=O)NCc2ccc(Br)cc2Oc2ccc(Cl)c(Cl)c2)C(OCc2ccccc2)C1. The molecule has 3 aromatic carbocycles. The molecule has 2 amide bonds. The van der Waals surface area contributed by atoms with Crippen LogP contribution < -0.4 is 15.4 Å². The number of nitrogens with one attached hydrogen (secondary N) is 2. The summed E-state index contributed by atoms with van der Waals surface area (Å²) < 4.78 is 13.0. The van der Waals surface area contributed by atoms with Crippen LogP contribution in [0, 0.1) is 5.92 Å². The Hall–Kier alpha value is -2.58. The van der Waals surface area contributed by atoms with E-state index in [1.165, 1.54) is 0 Å².